The van der Waals surface area contributed by atoms with Crippen molar-refractivity contribution in [2.24, 2.45) is 10.8 Å². The zero-order valence-electron chi connectivity index (χ0n) is 14.2. The molecule has 3 aromatic rings. The van der Waals surface area contributed by atoms with Crippen LogP contribution in [0.1, 0.15) is 18.3 Å². The van der Waals surface area contributed by atoms with Crippen molar-refractivity contribution < 1.29 is 4.79 Å². The van der Waals surface area contributed by atoms with Gasteiger partial charge in [0.25, 0.3) is 5.56 Å². The summed E-state index contributed by atoms with van der Waals surface area (Å²) in [5.74, 6) is 0.609. The van der Waals surface area contributed by atoms with E-state index < -0.39 is 6.03 Å². The smallest absolute Gasteiger partial charge is 0.332 e. The van der Waals surface area contributed by atoms with E-state index in [0.717, 1.165) is 9.13 Å². The molecule has 0 fully saturated rings. The van der Waals surface area contributed by atoms with E-state index >= 15 is 0 Å². The number of amides is 2. The quantitative estimate of drug-likeness (QED) is 0.356. The van der Waals surface area contributed by atoms with Gasteiger partial charge in [-0.25, -0.2) is 15.2 Å². The van der Waals surface area contributed by atoms with Crippen LogP contribution in [0.25, 0.3) is 16.6 Å². The lowest BCUT2D eigenvalue weighted by Crippen LogP contribution is -2.25. The van der Waals surface area contributed by atoms with Crippen LogP contribution in [0.4, 0.5) is 4.79 Å². The van der Waals surface area contributed by atoms with Crippen molar-refractivity contribution in [1.82, 2.24) is 15.0 Å². The minimum absolute atomic E-state index is 0.112. The zero-order valence-corrected chi connectivity index (χ0v) is 16.3. The first-order valence-electron chi connectivity index (χ1n) is 7.76. The SMILES string of the molecule is C/C(=N\NC(N)=O)c1ccc(-n2c(C)nc3ccc(I)cc3c2=O)cc1. The third-order valence-electron chi connectivity index (χ3n) is 3.88. The summed E-state index contributed by atoms with van der Waals surface area (Å²) in [6.07, 6.45) is 0. The van der Waals surface area contributed by atoms with Gasteiger partial charge in [-0.05, 0) is 72.3 Å². The number of hydrogen-bond acceptors (Lipinski definition) is 4. The van der Waals surface area contributed by atoms with E-state index in [4.69, 9.17) is 5.73 Å². The average Bonchev–Trinajstić information content (AvgIpc) is 2.61. The van der Waals surface area contributed by atoms with E-state index in [-0.39, 0.29) is 5.56 Å². The van der Waals surface area contributed by atoms with Crippen LogP contribution in [-0.4, -0.2) is 21.3 Å². The molecule has 0 aliphatic rings. The molecular weight excluding hydrogens is 445 g/mol. The summed E-state index contributed by atoms with van der Waals surface area (Å²) in [4.78, 5) is 28.2. The Hall–Kier alpha value is -2.75. The number of nitrogens with one attached hydrogen (secondary N) is 1. The Morgan fingerprint density at radius 3 is 2.58 bits per heavy atom. The first-order valence-corrected chi connectivity index (χ1v) is 8.84. The first-order chi connectivity index (χ1) is 12.4. The van der Waals surface area contributed by atoms with Crippen molar-refractivity contribution in [1.29, 1.82) is 0 Å². The Morgan fingerprint density at radius 2 is 1.92 bits per heavy atom. The summed E-state index contributed by atoms with van der Waals surface area (Å²) in [5.41, 5.74) is 9.88. The normalized spacial score (nSPS) is 11.6. The topological polar surface area (TPSA) is 102 Å². The summed E-state index contributed by atoms with van der Waals surface area (Å²) < 4.78 is 2.56. The second kappa shape index (κ2) is 7.24. The highest BCUT2D eigenvalue weighted by Gasteiger charge is 2.10. The van der Waals surface area contributed by atoms with Crippen LogP contribution in [0.2, 0.25) is 0 Å². The van der Waals surface area contributed by atoms with Crippen molar-refractivity contribution in [3.63, 3.8) is 0 Å². The van der Waals surface area contributed by atoms with Gasteiger partial charge >= 0.3 is 6.03 Å². The van der Waals surface area contributed by atoms with E-state index in [1.807, 2.05) is 42.5 Å². The predicted molar refractivity (Wildman–Crippen MR) is 110 cm³/mol. The van der Waals surface area contributed by atoms with Gasteiger partial charge < -0.3 is 5.73 Å². The van der Waals surface area contributed by atoms with Crippen molar-refractivity contribution in [3.05, 3.63) is 67.8 Å². The zero-order chi connectivity index (χ0) is 18.8. The van der Waals surface area contributed by atoms with Gasteiger partial charge in [-0.1, -0.05) is 12.1 Å². The Balaban J connectivity index is 2.06. The lowest BCUT2D eigenvalue weighted by Gasteiger charge is -2.12. The summed E-state index contributed by atoms with van der Waals surface area (Å²) >= 11 is 2.18. The number of urea groups is 1. The predicted octanol–water partition coefficient (Wildman–Crippen LogP) is 2.69. The molecule has 0 radical (unpaired) electrons. The van der Waals surface area contributed by atoms with Gasteiger partial charge in [0, 0.05) is 3.57 Å². The van der Waals surface area contributed by atoms with Gasteiger partial charge in [-0.15, -0.1) is 0 Å². The Labute approximate surface area is 163 Å². The highest BCUT2D eigenvalue weighted by atomic mass is 127. The van der Waals surface area contributed by atoms with E-state index in [1.165, 1.54) is 0 Å². The summed E-state index contributed by atoms with van der Waals surface area (Å²) in [6, 6.07) is 12.2. The number of carbonyl (C=O) groups excluding carboxylic acids is 1. The molecule has 0 atom stereocenters. The molecule has 0 unspecified atom stereocenters. The molecule has 0 saturated heterocycles. The maximum Gasteiger partial charge on any atom is 0.332 e. The van der Waals surface area contributed by atoms with Gasteiger partial charge in [0.2, 0.25) is 0 Å². The molecule has 26 heavy (non-hydrogen) atoms. The molecule has 2 aromatic carbocycles. The van der Waals surface area contributed by atoms with Gasteiger partial charge in [0.05, 0.1) is 22.3 Å². The molecule has 0 aliphatic heterocycles. The van der Waals surface area contributed by atoms with E-state index in [9.17, 15) is 9.59 Å². The van der Waals surface area contributed by atoms with E-state index in [2.05, 4.69) is 38.1 Å². The number of primary amides is 1. The van der Waals surface area contributed by atoms with Crippen molar-refractivity contribution in [2.75, 3.05) is 0 Å². The minimum Gasteiger partial charge on any atom is -0.350 e. The van der Waals surface area contributed by atoms with Gasteiger partial charge in [-0.2, -0.15) is 5.10 Å². The van der Waals surface area contributed by atoms with Crippen LogP contribution in [0.3, 0.4) is 0 Å². The number of benzene rings is 2. The number of hydrazone groups is 1. The van der Waals surface area contributed by atoms with Crippen molar-refractivity contribution in [3.8, 4) is 5.69 Å². The van der Waals surface area contributed by atoms with E-state index in [0.29, 0.717) is 28.1 Å². The molecular formula is C18H16IN5O2. The standard InChI is InChI=1S/C18H16IN5O2/c1-10(22-23-18(20)26)12-3-6-14(7-4-12)24-11(2)21-16-8-5-13(19)9-15(16)17(24)25/h3-9H,1-2H3,(H3,20,23,26)/b22-10+. The van der Waals surface area contributed by atoms with Gasteiger partial charge in [0.1, 0.15) is 5.82 Å². The number of nitrogens with two attached hydrogens (primary N) is 1. The molecule has 0 aliphatic carbocycles. The highest BCUT2D eigenvalue weighted by molar-refractivity contribution is 14.1. The Bertz CT molecular complexity index is 1090. The summed E-state index contributed by atoms with van der Waals surface area (Å²) in [6.45, 7) is 3.55. The first kappa shape index (κ1) is 18.1. The maximum atomic E-state index is 12.9. The molecule has 7 nitrogen and oxygen atoms in total. The third kappa shape index (κ3) is 3.59. The summed E-state index contributed by atoms with van der Waals surface area (Å²) in [7, 11) is 0. The van der Waals surface area contributed by atoms with Crippen LogP contribution in [0, 0.1) is 10.5 Å². The van der Waals surface area contributed by atoms with Crippen molar-refractivity contribution >= 4 is 45.2 Å². The summed E-state index contributed by atoms with van der Waals surface area (Å²) in [5, 5.41) is 4.47. The number of aryl methyl sites for hydroxylation is 1. The number of nitrogens with zero attached hydrogens (tertiary/aromatic N) is 3. The number of halogens is 1. The molecule has 2 amide bonds. The maximum absolute atomic E-state index is 12.9. The van der Waals surface area contributed by atoms with Crippen LogP contribution < -0.4 is 16.7 Å². The fourth-order valence-electron chi connectivity index (χ4n) is 2.63. The Kier molecular flexibility index (Phi) is 5.03. The lowest BCUT2D eigenvalue weighted by atomic mass is 10.1. The largest absolute Gasteiger partial charge is 0.350 e. The number of rotatable bonds is 3. The molecule has 1 aromatic heterocycles. The monoisotopic (exact) mass is 461 g/mol. The molecule has 0 bridgehead atoms. The van der Waals surface area contributed by atoms with Crippen LogP contribution >= 0.6 is 22.6 Å². The highest BCUT2D eigenvalue weighted by Crippen LogP contribution is 2.16. The lowest BCUT2D eigenvalue weighted by molar-refractivity contribution is 0.249. The number of carbonyl (C=O) groups is 1. The number of hydrogen-bond donors (Lipinski definition) is 2. The van der Waals surface area contributed by atoms with Crippen LogP contribution in [0.15, 0.2) is 52.4 Å². The minimum atomic E-state index is -0.722. The van der Waals surface area contributed by atoms with Crippen LogP contribution in [0.5, 0.6) is 0 Å². The Morgan fingerprint density at radius 1 is 1.23 bits per heavy atom. The van der Waals surface area contributed by atoms with Crippen LogP contribution in [-0.2, 0) is 0 Å². The second-order valence-corrected chi connectivity index (χ2v) is 6.93. The second-order valence-electron chi connectivity index (χ2n) is 5.68. The molecule has 0 spiro atoms. The van der Waals surface area contributed by atoms with Gasteiger partial charge in [-0.3, -0.25) is 9.36 Å². The van der Waals surface area contributed by atoms with E-state index in [1.54, 1.807) is 18.4 Å². The average molecular weight is 461 g/mol. The van der Waals surface area contributed by atoms with Gasteiger partial charge in [0.15, 0.2) is 0 Å². The number of fused-ring (bicyclic) bond motifs is 1. The molecule has 8 heteroatoms. The molecule has 132 valence electrons. The molecule has 3 N–H and O–H groups in total. The fourth-order valence-corrected chi connectivity index (χ4v) is 3.12. The third-order valence-corrected chi connectivity index (χ3v) is 4.55. The number of aromatic nitrogens is 2. The van der Waals surface area contributed by atoms with Crippen molar-refractivity contribution in [2.45, 2.75) is 13.8 Å². The molecule has 1 heterocycles. The molecule has 3 rings (SSSR count). The fraction of sp³-hybridized carbons (Fsp3) is 0.111. The molecule has 0 saturated carbocycles.